The molecule has 13 heavy (non-hydrogen) atoms. The Labute approximate surface area is 80.4 Å². The average molecular weight is 188 g/mol. The van der Waals surface area contributed by atoms with Crippen molar-refractivity contribution >= 4 is 5.97 Å². The van der Waals surface area contributed by atoms with Crippen molar-refractivity contribution in [2.45, 2.75) is 46.1 Å². The van der Waals surface area contributed by atoms with Gasteiger partial charge in [-0.1, -0.05) is 0 Å². The predicted molar refractivity (Wildman–Crippen MR) is 51.6 cm³/mol. The minimum absolute atomic E-state index is 0.000563. The summed E-state index contributed by atoms with van der Waals surface area (Å²) >= 11 is 0. The predicted octanol–water partition coefficient (Wildman–Crippen LogP) is 2.14. The largest absolute Gasteiger partial charge is 0.463 e. The zero-order valence-electron chi connectivity index (χ0n) is 8.84. The number of ether oxygens (including phenoxy) is 2. The number of carbonyl (C=O) groups excluding carboxylic acids is 1. The molecule has 0 heterocycles. The van der Waals surface area contributed by atoms with E-state index in [0.29, 0.717) is 6.42 Å². The van der Waals surface area contributed by atoms with Crippen LogP contribution in [0.4, 0.5) is 0 Å². The van der Waals surface area contributed by atoms with Crippen LogP contribution in [0.3, 0.4) is 0 Å². The van der Waals surface area contributed by atoms with E-state index in [9.17, 15) is 4.79 Å². The van der Waals surface area contributed by atoms with Crippen molar-refractivity contribution < 1.29 is 14.3 Å². The minimum atomic E-state index is -0.105. The highest BCUT2D eigenvalue weighted by Crippen LogP contribution is 2.00. The topological polar surface area (TPSA) is 35.5 Å². The van der Waals surface area contributed by atoms with E-state index >= 15 is 0 Å². The first kappa shape index (κ1) is 12.4. The van der Waals surface area contributed by atoms with Crippen molar-refractivity contribution in [3.8, 4) is 0 Å². The van der Waals surface area contributed by atoms with Crippen molar-refractivity contribution in [1.29, 1.82) is 0 Å². The summed E-state index contributed by atoms with van der Waals surface area (Å²) in [7, 11) is 0. The third kappa shape index (κ3) is 9.34. The van der Waals surface area contributed by atoms with Gasteiger partial charge in [-0.3, -0.25) is 4.79 Å². The quantitative estimate of drug-likeness (QED) is 0.453. The van der Waals surface area contributed by atoms with Crippen molar-refractivity contribution in [3.63, 3.8) is 0 Å². The average Bonchev–Trinajstić information content (AvgIpc) is 2.02. The van der Waals surface area contributed by atoms with Crippen LogP contribution in [0.15, 0.2) is 0 Å². The van der Waals surface area contributed by atoms with Crippen LogP contribution in [0, 0.1) is 0 Å². The molecular formula is C10H20O3. The molecule has 0 radical (unpaired) electrons. The van der Waals surface area contributed by atoms with Crippen LogP contribution < -0.4 is 0 Å². The van der Waals surface area contributed by atoms with E-state index in [-0.39, 0.29) is 12.1 Å². The second kappa shape index (κ2) is 8.05. The van der Waals surface area contributed by atoms with E-state index in [1.807, 2.05) is 20.8 Å². The lowest BCUT2D eigenvalue weighted by atomic mass is 10.2. The van der Waals surface area contributed by atoms with Gasteiger partial charge in [0.25, 0.3) is 0 Å². The standard InChI is InChI=1S/C10H20O3/c1-4-12-8-6-5-7-10(11)13-9(2)3/h9H,4-8H2,1-3H3. The van der Waals surface area contributed by atoms with Gasteiger partial charge in [0, 0.05) is 19.6 Å². The second-order valence-electron chi connectivity index (χ2n) is 3.19. The molecule has 0 atom stereocenters. The van der Waals surface area contributed by atoms with Gasteiger partial charge in [0.1, 0.15) is 0 Å². The Balaban J connectivity index is 3.17. The van der Waals surface area contributed by atoms with Gasteiger partial charge >= 0.3 is 5.97 Å². The lowest BCUT2D eigenvalue weighted by molar-refractivity contribution is -0.147. The van der Waals surface area contributed by atoms with Gasteiger partial charge < -0.3 is 9.47 Å². The van der Waals surface area contributed by atoms with E-state index < -0.39 is 0 Å². The van der Waals surface area contributed by atoms with Crippen molar-refractivity contribution in [2.24, 2.45) is 0 Å². The summed E-state index contributed by atoms with van der Waals surface area (Å²) < 4.78 is 10.1. The van der Waals surface area contributed by atoms with E-state index in [1.54, 1.807) is 0 Å². The molecule has 0 aliphatic heterocycles. The van der Waals surface area contributed by atoms with E-state index in [1.165, 1.54) is 0 Å². The lowest BCUT2D eigenvalue weighted by Crippen LogP contribution is -2.11. The molecule has 0 fully saturated rings. The van der Waals surface area contributed by atoms with Crippen molar-refractivity contribution in [3.05, 3.63) is 0 Å². The third-order valence-corrected chi connectivity index (χ3v) is 1.49. The Morgan fingerprint density at radius 3 is 2.54 bits per heavy atom. The van der Waals surface area contributed by atoms with Crippen LogP contribution in [0.2, 0.25) is 0 Å². The zero-order valence-corrected chi connectivity index (χ0v) is 8.84. The maximum Gasteiger partial charge on any atom is 0.306 e. The van der Waals surface area contributed by atoms with Crippen LogP contribution >= 0.6 is 0 Å². The summed E-state index contributed by atoms with van der Waals surface area (Å²) in [5.41, 5.74) is 0. The van der Waals surface area contributed by atoms with Gasteiger partial charge in [-0.05, 0) is 33.6 Å². The summed E-state index contributed by atoms with van der Waals surface area (Å²) in [4.78, 5) is 11.0. The second-order valence-corrected chi connectivity index (χ2v) is 3.19. The monoisotopic (exact) mass is 188 g/mol. The molecule has 0 amide bonds. The molecule has 0 spiro atoms. The highest BCUT2D eigenvalue weighted by Gasteiger charge is 2.04. The molecule has 3 heteroatoms. The molecule has 0 aromatic carbocycles. The molecule has 0 aliphatic rings. The van der Waals surface area contributed by atoms with Gasteiger partial charge in [0.15, 0.2) is 0 Å². The van der Waals surface area contributed by atoms with Crippen LogP contribution in [0.25, 0.3) is 0 Å². The van der Waals surface area contributed by atoms with Gasteiger partial charge in [0.2, 0.25) is 0 Å². The number of esters is 1. The fraction of sp³-hybridized carbons (Fsp3) is 0.900. The van der Waals surface area contributed by atoms with Gasteiger partial charge in [-0.25, -0.2) is 0 Å². The number of carbonyl (C=O) groups is 1. The van der Waals surface area contributed by atoms with Crippen LogP contribution in [-0.2, 0) is 14.3 Å². The maximum atomic E-state index is 11.0. The van der Waals surface area contributed by atoms with Gasteiger partial charge in [-0.2, -0.15) is 0 Å². The van der Waals surface area contributed by atoms with Gasteiger partial charge in [-0.15, -0.1) is 0 Å². The van der Waals surface area contributed by atoms with Crippen LogP contribution in [0.1, 0.15) is 40.0 Å². The minimum Gasteiger partial charge on any atom is -0.463 e. The summed E-state index contributed by atoms with van der Waals surface area (Å²) in [6.07, 6.45) is 2.29. The van der Waals surface area contributed by atoms with E-state index in [2.05, 4.69) is 0 Å². The molecule has 0 aromatic rings. The summed E-state index contributed by atoms with van der Waals surface area (Å²) in [5, 5.41) is 0. The number of unbranched alkanes of at least 4 members (excludes halogenated alkanes) is 1. The molecule has 0 rings (SSSR count). The Kier molecular flexibility index (Phi) is 7.69. The maximum absolute atomic E-state index is 11.0. The Hall–Kier alpha value is -0.570. The van der Waals surface area contributed by atoms with Crippen molar-refractivity contribution in [1.82, 2.24) is 0 Å². The Morgan fingerprint density at radius 1 is 1.31 bits per heavy atom. The molecule has 0 saturated carbocycles. The number of rotatable bonds is 7. The molecule has 0 bridgehead atoms. The first-order chi connectivity index (χ1) is 6.16. The molecular weight excluding hydrogens is 168 g/mol. The SMILES string of the molecule is CCOCCCCC(=O)OC(C)C. The third-order valence-electron chi connectivity index (χ3n) is 1.49. The first-order valence-corrected chi connectivity index (χ1v) is 4.94. The summed E-state index contributed by atoms with van der Waals surface area (Å²) in [6.45, 7) is 7.17. The van der Waals surface area contributed by atoms with Crippen molar-refractivity contribution in [2.75, 3.05) is 13.2 Å². The van der Waals surface area contributed by atoms with Gasteiger partial charge in [0.05, 0.1) is 6.10 Å². The molecule has 0 aliphatic carbocycles. The number of hydrogen-bond donors (Lipinski definition) is 0. The molecule has 78 valence electrons. The smallest absolute Gasteiger partial charge is 0.306 e. The Bertz CT molecular complexity index is 132. The molecule has 0 unspecified atom stereocenters. The fourth-order valence-electron chi connectivity index (χ4n) is 0.940. The summed E-state index contributed by atoms with van der Waals surface area (Å²) in [6, 6.07) is 0. The molecule has 0 N–H and O–H groups in total. The van der Waals surface area contributed by atoms with Crippen LogP contribution in [0.5, 0.6) is 0 Å². The zero-order chi connectivity index (χ0) is 10.1. The number of hydrogen-bond acceptors (Lipinski definition) is 3. The normalized spacial score (nSPS) is 10.5. The summed E-state index contributed by atoms with van der Waals surface area (Å²) in [5.74, 6) is -0.105. The molecule has 3 nitrogen and oxygen atoms in total. The highest BCUT2D eigenvalue weighted by atomic mass is 16.5. The molecule has 0 saturated heterocycles. The lowest BCUT2D eigenvalue weighted by Gasteiger charge is -2.07. The highest BCUT2D eigenvalue weighted by molar-refractivity contribution is 5.69. The van der Waals surface area contributed by atoms with E-state index in [0.717, 1.165) is 26.1 Å². The fourth-order valence-corrected chi connectivity index (χ4v) is 0.940. The first-order valence-electron chi connectivity index (χ1n) is 4.94. The Morgan fingerprint density at radius 2 is 2.00 bits per heavy atom. The van der Waals surface area contributed by atoms with E-state index in [4.69, 9.17) is 9.47 Å². The molecule has 0 aromatic heterocycles. The van der Waals surface area contributed by atoms with Crippen LogP contribution in [-0.4, -0.2) is 25.3 Å².